The van der Waals surface area contributed by atoms with Gasteiger partial charge in [0, 0.05) is 43.3 Å². The van der Waals surface area contributed by atoms with E-state index in [1.165, 1.54) is 6.42 Å². The van der Waals surface area contributed by atoms with Crippen molar-refractivity contribution >= 4 is 10.9 Å². The summed E-state index contributed by atoms with van der Waals surface area (Å²) in [6, 6.07) is 10.1. The van der Waals surface area contributed by atoms with E-state index in [2.05, 4.69) is 28.9 Å². The maximum atomic E-state index is 9.09. The summed E-state index contributed by atoms with van der Waals surface area (Å²) in [5, 5.41) is 13.5. The number of benzene rings is 1. The van der Waals surface area contributed by atoms with Crippen LogP contribution in [0, 0.1) is 11.3 Å². The van der Waals surface area contributed by atoms with Gasteiger partial charge in [-0.1, -0.05) is 19.4 Å². The first-order chi connectivity index (χ1) is 10.4. The van der Waals surface area contributed by atoms with E-state index in [4.69, 9.17) is 10.00 Å². The minimum absolute atomic E-state index is 0.739. The Bertz CT molecular complexity index is 598. The van der Waals surface area contributed by atoms with E-state index >= 15 is 0 Å². The van der Waals surface area contributed by atoms with Crippen molar-refractivity contribution < 1.29 is 4.74 Å². The molecule has 0 radical (unpaired) electrons. The number of hydrogen-bond donors (Lipinski definition) is 1. The smallest absolute Gasteiger partial charge is 0.0998 e. The van der Waals surface area contributed by atoms with E-state index in [1.54, 1.807) is 0 Å². The van der Waals surface area contributed by atoms with Crippen molar-refractivity contribution in [3.63, 3.8) is 0 Å². The van der Waals surface area contributed by atoms with Crippen molar-refractivity contribution in [2.24, 2.45) is 0 Å². The molecule has 0 saturated heterocycles. The third kappa shape index (κ3) is 4.32. The molecule has 0 fully saturated rings. The Hall–Kier alpha value is -1.83. The van der Waals surface area contributed by atoms with Crippen LogP contribution < -0.4 is 5.32 Å². The van der Waals surface area contributed by atoms with Gasteiger partial charge in [0.25, 0.3) is 0 Å². The molecule has 4 heteroatoms. The Morgan fingerprint density at radius 2 is 2.14 bits per heavy atom. The second kappa shape index (κ2) is 8.46. The second-order valence-corrected chi connectivity index (χ2v) is 5.08. The molecule has 2 rings (SSSR count). The Morgan fingerprint density at radius 1 is 1.24 bits per heavy atom. The van der Waals surface area contributed by atoms with Gasteiger partial charge in [0.15, 0.2) is 0 Å². The molecule has 2 aromatic rings. The number of hydrogen-bond acceptors (Lipinski definition) is 3. The topological polar surface area (TPSA) is 50.0 Å². The van der Waals surface area contributed by atoms with Gasteiger partial charge in [-0.25, -0.2) is 0 Å². The minimum atomic E-state index is 0.739. The second-order valence-electron chi connectivity index (χ2n) is 5.08. The van der Waals surface area contributed by atoms with Crippen molar-refractivity contribution in [2.75, 3.05) is 26.3 Å². The summed E-state index contributed by atoms with van der Waals surface area (Å²) in [5.74, 6) is 0. The van der Waals surface area contributed by atoms with Crippen LogP contribution in [0.2, 0.25) is 0 Å². The molecule has 0 aliphatic rings. The number of aromatic nitrogens is 1. The summed E-state index contributed by atoms with van der Waals surface area (Å²) in [5.41, 5.74) is 1.86. The monoisotopic (exact) mass is 285 g/mol. The number of nitrogens with zero attached hydrogens (tertiary/aromatic N) is 2. The maximum absolute atomic E-state index is 9.09. The highest BCUT2D eigenvalue weighted by molar-refractivity contribution is 5.85. The fourth-order valence-corrected chi connectivity index (χ4v) is 2.33. The number of ether oxygens (including phenoxy) is 1. The molecule has 1 aromatic heterocycles. The molecular weight excluding hydrogens is 262 g/mol. The summed E-state index contributed by atoms with van der Waals surface area (Å²) in [6.07, 6.45) is 4.36. The molecule has 21 heavy (non-hydrogen) atoms. The summed E-state index contributed by atoms with van der Waals surface area (Å²) < 4.78 is 7.69. The molecule has 0 atom stereocenters. The van der Waals surface area contributed by atoms with Crippen LogP contribution in [0.1, 0.15) is 25.3 Å². The van der Waals surface area contributed by atoms with Crippen LogP contribution in [0.15, 0.2) is 30.5 Å². The van der Waals surface area contributed by atoms with E-state index in [0.29, 0.717) is 0 Å². The van der Waals surface area contributed by atoms with Crippen molar-refractivity contribution in [1.29, 1.82) is 5.26 Å². The lowest BCUT2D eigenvalue weighted by Gasteiger charge is -2.08. The first-order valence-corrected chi connectivity index (χ1v) is 7.63. The van der Waals surface area contributed by atoms with Gasteiger partial charge in [0.2, 0.25) is 0 Å². The molecule has 0 unspecified atom stereocenters. The van der Waals surface area contributed by atoms with Gasteiger partial charge in [-0.3, -0.25) is 0 Å². The molecule has 0 amide bonds. The quantitative estimate of drug-likeness (QED) is 0.721. The number of nitriles is 1. The fourth-order valence-electron chi connectivity index (χ4n) is 2.33. The number of unbranched alkanes of at least 4 members (excludes halogenated alkanes) is 1. The third-order valence-corrected chi connectivity index (χ3v) is 3.53. The van der Waals surface area contributed by atoms with E-state index < -0.39 is 0 Å². The Balaban J connectivity index is 1.76. The zero-order chi connectivity index (χ0) is 14.9. The van der Waals surface area contributed by atoms with Crippen LogP contribution in [0.25, 0.3) is 10.9 Å². The average molecular weight is 285 g/mol. The highest BCUT2D eigenvalue weighted by atomic mass is 16.5. The van der Waals surface area contributed by atoms with Gasteiger partial charge in [-0.05, 0) is 24.6 Å². The molecular formula is C17H23N3O. The lowest BCUT2D eigenvalue weighted by atomic mass is 10.1. The van der Waals surface area contributed by atoms with Crippen LogP contribution in [0.4, 0.5) is 0 Å². The molecule has 0 aliphatic carbocycles. The molecule has 1 aromatic carbocycles. The van der Waals surface area contributed by atoms with Crippen molar-refractivity contribution in [1.82, 2.24) is 9.88 Å². The zero-order valence-corrected chi connectivity index (χ0v) is 12.6. The fraction of sp³-hybridized carbons (Fsp3) is 0.471. The Labute approximate surface area is 126 Å². The van der Waals surface area contributed by atoms with Gasteiger partial charge in [-0.2, -0.15) is 5.26 Å². The molecule has 4 nitrogen and oxygen atoms in total. The van der Waals surface area contributed by atoms with Gasteiger partial charge >= 0.3 is 0 Å². The van der Waals surface area contributed by atoms with Crippen LogP contribution in [0.3, 0.4) is 0 Å². The molecule has 0 saturated carbocycles. The predicted molar refractivity (Wildman–Crippen MR) is 85.2 cm³/mol. The molecule has 1 heterocycles. The highest BCUT2D eigenvalue weighted by Gasteiger charge is 2.04. The van der Waals surface area contributed by atoms with Crippen LogP contribution in [-0.4, -0.2) is 30.9 Å². The number of nitrogens with one attached hydrogen (secondary N) is 1. The largest absolute Gasteiger partial charge is 0.380 e. The number of fused-ring (bicyclic) bond motifs is 1. The van der Waals surface area contributed by atoms with Gasteiger partial charge in [-0.15, -0.1) is 0 Å². The molecule has 112 valence electrons. The standard InChI is InChI=1S/C17H23N3O/c1-2-3-12-21-13-9-19-8-11-20-10-7-16-15(14-18)5-4-6-17(16)20/h4-7,10,19H,2-3,8-9,11-13H2,1H3. The predicted octanol–water partition coefficient (Wildman–Crippen LogP) is 2.92. The summed E-state index contributed by atoms with van der Waals surface area (Å²) in [7, 11) is 0. The normalized spacial score (nSPS) is 10.9. The van der Waals surface area contributed by atoms with Crippen molar-refractivity contribution in [3.8, 4) is 6.07 Å². The maximum Gasteiger partial charge on any atom is 0.0998 e. The lowest BCUT2D eigenvalue weighted by Crippen LogP contribution is -2.24. The van der Waals surface area contributed by atoms with E-state index in [-0.39, 0.29) is 0 Å². The summed E-state index contributed by atoms with van der Waals surface area (Å²) >= 11 is 0. The van der Waals surface area contributed by atoms with Crippen LogP contribution >= 0.6 is 0 Å². The Kier molecular flexibility index (Phi) is 6.26. The van der Waals surface area contributed by atoms with Crippen molar-refractivity contribution in [2.45, 2.75) is 26.3 Å². The third-order valence-electron chi connectivity index (χ3n) is 3.53. The zero-order valence-electron chi connectivity index (χ0n) is 12.6. The molecule has 1 N–H and O–H groups in total. The van der Waals surface area contributed by atoms with Crippen molar-refractivity contribution in [3.05, 3.63) is 36.0 Å². The first kappa shape index (κ1) is 15.6. The number of rotatable bonds is 9. The van der Waals surface area contributed by atoms with Gasteiger partial charge < -0.3 is 14.6 Å². The van der Waals surface area contributed by atoms with Crippen LogP contribution in [-0.2, 0) is 11.3 Å². The van der Waals surface area contributed by atoms with Gasteiger partial charge in [0.05, 0.1) is 18.2 Å². The molecule has 0 bridgehead atoms. The van der Waals surface area contributed by atoms with Crippen LogP contribution in [0.5, 0.6) is 0 Å². The minimum Gasteiger partial charge on any atom is -0.380 e. The Morgan fingerprint density at radius 3 is 2.95 bits per heavy atom. The molecule has 0 spiro atoms. The summed E-state index contributed by atoms with van der Waals surface area (Å²) in [4.78, 5) is 0. The lowest BCUT2D eigenvalue weighted by molar-refractivity contribution is 0.133. The van der Waals surface area contributed by atoms with E-state index in [0.717, 1.165) is 55.7 Å². The van der Waals surface area contributed by atoms with Gasteiger partial charge in [0.1, 0.15) is 0 Å². The SMILES string of the molecule is CCCCOCCNCCn1ccc2c(C#N)cccc21. The molecule has 0 aliphatic heterocycles. The highest BCUT2D eigenvalue weighted by Crippen LogP contribution is 2.19. The van der Waals surface area contributed by atoms with E-state index in [9.17, 15) is 0 Å². The summed E-state index contributed by atoms with van der Waals surface area (Å²) in [6.45, 7) is 6.47. The van der Waals surface area contributed by atoms with E-state index in [1.807, 2.05) is 24.4 Å². The average Bonchev–Trinajstić information content (AvgIpc) is 2.93. The first-order valence-electron chi connectivity index (χ1n) is 7.63.